The van der Waals surface area contributed by atoms with E-state index in [2.05, 4.69) is 4.98 Å². The van der Waals surface area contributed by atoms with Crippen LogP contribution in [0.3, 0.4) is 0 Å². The highest BCUT2D eigenvalue weighted by Crippen LogP contribution is 2.32. The quantitative estimate of drug-likeness (QED) is 0.710. The lowest BCUT2D eigenvalue weighted by Gasteiger charge is -2.16. The Hall–Kier alpha value is -2.73. The summed E-state index contributed by atoms with van der Waals surface area (Å²) in [6.45, 7) is 0.896. The summed E-state index contributed by atoms with van der Waals surface area (Å²) in [5, 5.41) is 0.735. The van der Waals surface area contributed by atoms with E-state index >= 15 is 0 Å². The first-order valence-electron chi connectivity index (χ1n) is 8.49. The van der Waals surface area contributed by atoms with Crippen molar-refractivity contribution < 1.29 is 13.6 Å². The Morgan fingerprint density at radius 3 is 2.50 bits per heavy atom. The van der Waals surface area contributed by atoms with Gasteiger partial charge in [0.05, 0.1) is 0 Å². The van der Waals surface area contributed by atoms with Gasteiger partial charge in [0, 0.05) is 43.2 Å². The first kappa shape index (κ1) is 18.1. The molecule has 26 heavy (non-hydrogen) atoms. The van der Waals surface area contributed by atoms with Crippen molar-refractivity contribution >= 4 is 16.8 Å². The molecule has 0 fully saturated rings. The maximum Gasteiger partial charge on any atom is 0.222 e. The first-order valence-corrected chi connectivity index (χ1v) is 8.49. The molecule has 0 spiro atoms. The van der Waals surface area contributed by atoms with Crippen molar-refractivity contribution in [2.24, 2.45) is 5.73 Å². The fourth-order valence-electron chi connectivity index (χ4n) is 3.08. The molecule has 3 N–H and O–H groups in total. The van der Waals surface area contributed by atoms with Crippen molar-refractivity contribution in [1.82, 2.24) is 9.88 Å². The van der Waals surface area contributed by atoms with Crippen LogP contribution in [0.1, 0.15) is 12.0 Å². The molecule has 0 aliphatic carbocycles. The highest BCUT2D eigenvalue weighted by molar-refractivity contribution is 5.91. The van der Waals surface area contributed by atoms with E-state index in [1.54, 1.807) is 30.1 Å². The molecule has 1 heterocycles. The molecule has 4 nitrogen and oxygen atoms in total. The van der Waals surface area contributed by atoms with Gasteiger partial charge in [-0.1, -0.05) is 0 Å². The zero-order valence-corrected chi connectivity index (χ0v) is 14.6. The maximum atomic E-state index is 13.8. The van der Waals surface area contributed by atoms with E-state index in [1.165, 1.54) is 24.3 Å². The van der Waals surface area contributed by atoms with Crippen LogP contribution in [0.25, 0.3) is 22.2 Å². The number of carbonyl (C=O) groups excluding carboxylic acids is 1. The predicted octanol–water partition coefficient (Wildman–Crippen LogP) is 3.46. The molecule has 0 saturated carbocycles. The normalized spacial score (nSPS) is 11.1. The van der Waals surface area contributed by atoms with E-state index in [0.717, 1.165) is 27.7 Å². The Kier molecular flexibility index (Phi) is 5.32. The number of likely N-dealkylation sites (N-methyl/N-ethyl adjacent to an activating group) is 1. The Balaban J connectivity index is 1.98. The Labute approximate surface area is 150 Å². The van der Waals surface area contributed by atoms with Crippen LogP contribution in [0.15, 0.2) is 42.5 Å². The Morgan fingerprint density at radius 1 is 1.12 bits per heavy atom. The van der Waals surface area contributed by atoms with Gasteiger partial charge in [0.25, 0.3) is 0 Å². The topological polar surface area (TPSA) is 62.1 Å². The number of hydrogen-bond donors (Lipinski definition) is 2. The fraction of sp³-hybridized carbons (Fsp3) is 0.250. The van der Waals surface area contributed by atoms with E-state index in [9.17, 15) is 13.6 Å². The molecule has 0 aliphatic rings. The van der Waals surface area contributed by atoms with Gasteiger partial charge in [-0.05, 0) is 60.0 Å². The number of fused-ring (bicyclic) bond motifs is 1. The van der Waals surface area contributed by atoms with Gasteiger partial charge >= 0.3 is 0 Å². The van der Waals surface area contributed by atoms with Gasteiger partial charge in [0.15, 0.2) is 0 Å². The van der Waals surface area contributed by atoms with Crippen LogP contribution in [0, 0.1) is 11.6 Å². The van der Waals surface area contributed by atoms with Crippen LogP contribution in [-0.2, 0) is 11.2 Å². The number of amides is 1. The third kappa shape index (κ3) is 3.75. The predicted molar refractivity (Wildman–Crippen MR) is 98.7 cm³/mol. The highest BCUT2D eigenvalue weighted by atomic mass is 19.1. The number of aromatic nitrogens is 1. The second-order valence-electron chi connectivity index (χ2n) is 6.28. The minimum atomic E-state index is -0.338. The summed E-state index contributed by atoms with van der Waals surface area (Å²) < 4.78 is 27.0. The van der Waals surface area contributed by atoms with E-state index < -0.39 is 0 Å². The fourth-order valence-corrected chi connectivity index (χ4v) is 3.08. The number of hydrogen-bond acceptors (Lipinski definition) is 2. The Morgan fingerprint density at radius 2 is 1.81 bits per heavy atom. The number of halogens is 2. The molecular formula is C20H21F2N3O. The van der Waals surface area contributed by atoms with Crippen molar-refractivity contribution in [1.29, 1.82) is 0 Å². The van der Waals surface area contributed by atoms with E-state index in [0.29, 0.717) is 19.5 Å². The molecule has 0 saturated heterocycles. The first-order chi connectivity index (χ1) is 12.5. The lowest BCUT2D eigenvalue weighted by molar-refractivity contribution is -0.129. The summed E-state index contributed by atoms with van der Waals surface area (Å²) in [7, 11) is 1.71. The molecular weight excluding hydrogens is 336 g/mol. The largest absolute Gasteiger partial charge is 0.354 e. The second-order valence-corrected chi connectivity index (χ2v) is 6.28. The van der Waals surface area contributed by atoms with Gasteiger partial charge < -0.3 is 15.6 Å². The monoisotopic (exact) mass is 357 g/mol. The van der Waals surface area contributed by atoms with Crippen molar-refractivity contribution in [3.63, 3.8) is 0 Å². The van der Waals surface area contributed by atoms with E-state index in [1.807, 2.05) is 0 Å². The summed E-state index contributed by atoms with van der Waals surface area (Å²) >= 11 is 0. The molecule has 0 aliphatic heterocycles. The number of nitrogens with zero attached hydrogens (tertiary/aromatic N) is 1. The molecule has 3 aromatic rings. The van der Waals surface area contributed by atoms with E-state index in [4.69, 9.17) is 5.73 Å². The number of carbonyl (C=O) groups is 1. The van der Waals surface area contributed by atoms with Gasteiger partial charge in [-0.3, -0.25) is 4.79 Å². The van der Waals surface area contributed by atoms with Crippen LogP contribution < -0.4 is 5.73 Å². The molecule has 0 atom stereocenters. The van der Waals surface area contributed by atoms with Crippen LogP contribution in [-0.4, -0.2) is 35.9 Å². The van der Waals surface area contributed by atoms with Gasteiger partial charge in [0.2, 0.25) is 5.91 Å². The molecule has 2 aromatic carbocycles. The van der Waals surface area contributed by atoms with Crippen LogP contribution >= 0.6 is 0 Å². The lowest BCUT2D eigenvalue weighted by Crippen LogP contribution is -2.31. The minimum Gasteiger partial charge on any atom is -0.354 e. The second kappa shape index (κ2) is 7.66. The summed E-state index contributed by atoms with van der Waals surface area (Å²) in [6, 6.07) is 10.6. The van der Waals surface area contributed by atoms with Gasteiger partial charge in [-0.25, -0.2) is 8.78 Å². The van der Waals surface area contributed by atoms with Gasteiger partial charge in [-0.2, -0.15) is 0 Å². The third-order valence-electron chi connectivity index (χ3n) is 4.48. The molecule has 0 bridgehead atoms. The molecule has 136 valence electrons. The number of nitrogens with two attached hydrogens (primary N) is 1. The smallest absolute Gasteiger partial charge is 0.222 e. The zero-order valence-electron chi connectivity index (χ0n) is 14.6. The highest BCUT2D eigenvalue weighted by Gasteiger charge is 2.16. The Bertz CT molecular complexity index is 919. The van der Waals surface area contributed by atoms with Crippen molar-refractivity contribution in [3.8, 4) is 11.3 Å². The van der Waals surface area contributed by atoms with E-state index in [-0.39, 0.29) is 24.0 Å². The summed E-state index contributed by atoms with van der Waals surface area (Å²) in [5.41, 5.74) is 8.69. The number of benzene rings is 2. The molecule has 0 unspecified atom stereocenters. The molecule has 1 aromatic heterocycles. The number of aryl methyl sites for hydroxylation is 1. The average molecular weight is 357 g/mol. The minimum absolute atomic E-state index is 0.0220. The van der Waals surface area contributed by atoms with Crippen LogP contribution in [0.5, 0.6) is 0 Å². The van der Waals surface area contributed by atoms with Crippen LogP contribution in [0.4, 0.5) is 8.78 Å². The SMILES string of the molecule is CN(CCN)C(=O)CCc1c(-c2ccc(F)cc2)[nH]c2ccc(F)cc12. The molecule has 0 radical (unpaired) electrons. The summed E-state index contributed by atoms with van der Waals surface area (Å²) in [5.74, 6) is -0.683. The van der Waals surface area contributed by atoms with Gasteiger partial charge in [-0.15, -0.1) is 0 Å². The molecule has 1 amide bonds. The van der Waals surface area contributed by atoms with Crippen molar-refractivity contribution in [2.45, 2.75) is 12.8 Å². The molecule has 6 heteroatoms. The maximum absolute atomic E-state index is 13.8. The zero-order chi connectivity index (χ0) is 18.7. The van der Waals surface area contributed by atoms with Gasteiger partial charge in [0.1, 0.15) is 11.6 Å². The number of H-pyrrole nitrogens is 1. The number of nitrogens with one attached hydrogen (secondary N) is 1. The number of aromatic amines is 1. The average Bonchev–Trinajstić information content (AvgIpc) is 2.98. The van der Waals surface area contributed by atoms with Crippen molar-refractivity contribution in [3.05, 3.63) is 59.7 Å². The lowest BCUT2D eigenvalue weighted by atomic mass is 10.0. The summed E-state index contributed by atoms with van der Waals surface area (Å²) in [6.07, 6.45) is 0.734. The molecule has 3 rings (SSSR count). The van der Waals surface area contributed by atoms with Crippen LogP contribution in [0.2, 0.25) is 0 Å². The van der Waals surface area contributed by atoms with Crippen molar-refractivity contribution in [2.75, 3.05) is 20.1 Å². The third-order valence-corrected chi connectivity index (χ3v) is 4.48. The standard InChI is InChI=1S/C20H21F2N3O/c1-25(11-10-23)19(26)9-7-16-17-12-15(22)6-8-18(17)24-20(16)13-2-4-14(21)5-3-13/h2-6,8,12,24H,7,9-11,23H2,1H3. The summed E-state index contributed by atoms with van der Waals surface area (Å²) in [4.78, 5) is 17.1. The number of rotatable bonds is 6.